The fourth-order valence-corrected chi connectivity index (χ4v) is 1.86. The molecule has 14 heavy (non-hydrogen) atoms. The molecule has 0 aromatic heterocycles. The van der Waals surface area contributed by atoms with Crippen LogP contribution >= 0.6 is 11.6 Å². The van der Waals surface area contributed by atoms with Gasteiger partial charge in [0.2, 0.25) is 0 Å². The first-order valence-electron chi connectivity index (χ1n) is 4.25. The maximum atomic E-state index is 6.09. The Balaban J connectivity index is 3.39. The zero-order valence-corrected chi connectivity index (χ0v) is 9.31. The van der Waals surface area contributed by atoms with E-state index in [1.807, 2.05) is 13.0 Å². The van der Waals surface area contributed by atoms with Crippen LogP contribution in [0.5, 0.6) is 11.5 Å². The van der Waals surface area contributed by atoms with Crippen LogP contribution in [0.25, 0.3) is 0 Å². The highest BCUT2D eigenvalue weighted by Gasteiger charge is 2.14. The Bertz CT molecular complexity index is 339. The summed E-state index contributed by atoms with van der Waals surface area (Å²) in [5, 5.41) is 0.482. The van der Waals surface area contributed by atoms with Gasteiger partial charge >= 0.3 is 0 Å². The second kappa shape index (κ2) is 4.53. The first-order valence-corrected chi connectivity index (χ1v) is 4.63. The molecule has 0 saturated carbocycles. The average Bonchev–Trinajstić information content (AvgIpc) is 2.17. The molecule has 1 rings (SSSR count). The molecule has 1 aromatic carbocycles. The summed E-state index contributed by atoms with van der Waals surface area (Å²) in [7, 11) is 3.14. The van der Waals surface area contributed by atoms with Gasteiger partial charge in [-0.3, -0.25) is 0 Å². The van der Waals surface area contributed by atoms with Gasteiger partial charge < -0.3 is 15.2 Å². The summed E-state index contributed by atoms with van der Waals surface area (Å²) in [6, 6.07) is 1.92. The molecular formula is C10H14ClNO2. The van der Waals surface area contributed by atoms with Crippen LogP contribution in [0.1, 0.15) is 11.1 Å². The van der Waals surface area contributed by atoms with Gasteiger partial charge in [0, 0.05) is 12.1 Å². The molecule has 0 radical (unpaired) electrons. The Hall–Kier alpha value is -0.930. The van der Waals surface area contributed by atoms with Crippen molar-refractivity contribution in [1.29, 1.82) is 0 Å². The summed E-state index contributed by atoms with van der Waals surface area (Å²) in [5.74, 6) is 1.23. The lowest BCUT2D eigenvalue weighted by atomic mass is 10.1. The molecule has 0 aliphatic carbocycles. The van der Waals surface area contributed by atoms with E-state index in [2.05, 4.69) is 0 Å². The number of hydrogen-bond acceptors (Lipinski definition) is 3. The molecule has 0 amide bonds. The quantitative estimate of drug-likeness (QED) is 0.840. The molecule has 0 unspecified atom stereocenters. The highest BCUT2D eigenvalue weighted by molar-refractivity contribution is 6.33. The normalized spacial score (nSPS) is 10.1. The van der Waals surface area contributed by atoms with Crippen LogP contribution < -0.4 is 15.2 Å². The summed E-state index contributed by atoms with van der Waals surface area (Å²) in [6.07, 6.45) is 0. The highest BCUT2D eigenvalue weighted by Crippen LogP contribution is 2.39. The molecule has 1 aromatic rings. The van der Waals surface area contributed by atoms with E-state index in [9.17, 15) is 0 Å². The third-order valence-electron chi connectivity index (χ3n) is 2.07. The SMILES string of the molecule is COc1c(C)cc(CN)c(OC)c1Cl. The van der Waals surface area contributed by atoms with Gasteiger partial charge in [0.05, 0.1) is 14.2 Å². The number of hydrogen-bond donors (Lipinski definition) is 1. The van der Waals surface area contributed by atoms with E-state index in [-0.39, 0.29) is 0 Å². The number of methoxy groups -OCH3 is 2. The van der Waals surface area contributed by atoms with E-state index in [0.29, 0.717) is 23.1 Å². The van der Waals surface area contributed by atoms with E-state index < -0.39 is 0 Å². The van der Waals surface area contributed by atoms with Crippen molar-refractivity contribution < 1.29 is 9.47 Å². The molecule has 0 aliphatic rings. The Labute approximate surface area is 88.8 Å². The minimum Gasteiger partial charge on any atom is -0.495 e. The van der Waals surface area contributed by atoms with Crippen molar-refractivity contribution in [3.05, 3.63) is 22.2 Å². The summed E-state index contributed by atoms with van der Waals surface area (Å²) < 4.78 is 10.3. The van der Waals surface area contributed by atoms with Gasteiger partial charge in [0.1, 0.15) is 16.5 Å². The Morgan fingerprint density at radius 3 is 2.29 bits per heavy atom. The summed E-state index contributed by atoms with van der Waals surface area (Å²) >= 11 is 6.09. The predicted octanol–water partition coefficient (Wildman–Crippen LogP) is 2.12. The van der Waals surface area contributed by atoms with Gasteiger partial charge in [-0.1, -0.05) is 11.6 Å². The van der Waals surface area contributed by atoms with Crippen molar-refractivity contribution >= 4 is 11.6 Å². The third kappa shape index (κ3) is 1.79. The average molecular weight is 216 g/mol. The molecule has 0 bridgehead atoms. The largest absolute Gasteiger partial charge is 0.495 e. The molecule has 0 aliphatic heterocycles. The predicted molar refractivity (Wildman–Crippen MR) is 57.2 cm³/mol. The number of halogens is 1. The first kappa shape index (κ1) is 11.1. The van der Waals surface area contributed by atoms with E-state index in [1.165, 1.54) is 0 Å². The Kier molecular flexibility index (Phi) is 3.61. The summed E-state index contributed by atoms with van der Waals surface area (Å²) in [6.45, 7) is 2.32. The molecule has 0 heterocycles. The van der Waals surface area contributed by atoms with Crippen molar-refractivity contribution in [3.63, 3.8) is 0 Å². The zero-order valence-electron chi connectivity index (χ0n) is 8.56. The Morgan fingerprint density at radius 1 is 1.29 bits per heavy atom. The molecule has 2 N–H and O–H groups in total. The second-order valence-electron chi connectivity index (χ2n) is 2.94. The lowest BCUT2D eigenvalue weighted by Crippen LogP contribution is -2.02. The van der Waals surface area contributed by atoms with Crippen LogP contribution in [0.3, 0.4) is 0 Å². The highest BCUT2D eigenvalue weighted by atomic mass is 35.5. The van der Waals surface area contributed by atoms with Crippen molar-refractivity contribution in [2.75, 3.05) is 14.2 Å². The molecule has 0 spiro atoms. The fraction of sp³-hybridized carbons (Fsp3) is 0.400. The summed E-state index contributed by atoms with van der Waals surface area (Å²) in [4.78, 5) is 0. The van der Waals surface area contributed by atoms with Gasteiger partial charge in [-0.2, -0.15) is 0 Å². The smallest absolute Gasteiger partial charge is 0.145 e. The van der Waals surface area contributed by atoms with Gasteiger partial charge in [-0.05, 0) is 18.6 Å². The van der Waals surface area contributed by atoms with Crippen LogP contribution in [0.15, 0.2) is 6.07 Å². The van der Waals surface area contributed by atoms with Gasteiger partial charge in [0.15, 0.2) is 0 Å². The maximum absolute atomic E-state index is 6.09. The molecule has 0 atom stereocenters. The van der Waals surface area contributed by atoms with Gasteiger partial charge in [-0.25, -0.2) is 0 Å². The van der Waals surface area contributed by atoms with Crippen LogP contribution in [-0.2, 0) is 6.54 Å². The number of aryl methyl sites for hydroxylation is 1. The van der Waals surface area contributed by atoms with E-state index in [1.54, 1.807) is 14.2 Å². The standard InChI is InChI=1S/C10H14ClNO2/c1-6-4-7(5-12)10(14-3)8(11)9(6)13-2/h4H,5,12H2,1-3H3. The van der Waals surface area contributed by atoms with Gasteiger partial charge in [-0.15, -0.1) is 0 Å². The minimum atomic E-state index is 0.397. The van der Waals surface area contributed by atoms with Crippen LogP contribution in [0, 0.1) is 6.92 Å². The van der Waals surface area contributed by atoms with Crippen LogP contribution in [0.4, 0.5) is 0 Å². The first-order chi connectivity index (χ1) is 6.65. The fourth-order valence-electron chi connectivity index (χ4n) is 1.43. The number of nitrogens with two attached hydrogens (primary N) is 1. The van der Waals surface area contributed by atoms with Crippen molar-refractivity contribution in [2.45, 2.75) is 13.5 Å². The number of rotatable bonds is 3. The topological polar surface area (TPSA) is 44.5 Å². The van der Waals surface area contributed by atoms with Crippen LogP contribution in [0.2, 0.25) is 5.02 Å². The molecule has 78 valence electrons. The van der Waals surface area contributed by atoms with Gasteiger partial charge in [0.25, 0.3) is 0 Å². The van der Waals surface area contributed by atoms with Crippen molar-refractivity contribution in [2.24, 2.45) is 5.73 Å². The molecule has 3 nitrogen and oxygen atoms in total. The van der Waals surface area contributed by atoms with Crippen LogP contribution in [-0.4, -0.2) is 14.2 Å². The number of benzene rings is 1. The monoisotopic (exact) mass is 215 g/mol. The zero-order chi connectivity index (χ0) is 10.7. The molecular weight excluding hydrogens is 202 g/mol. The molecule has 4 heteroatoms. The lowest BCUT2D eigenvalue weighted by molar-refractivity contribution is 0.389. The van der Waals surface area contributed by atoms with Crippen molar-refractivity contribution in [1.82, 2.24) is 0 Å². The molecule has 0 saturated heterocycles. The lowest BCUT2D eigenvalue weighted by Gasteiger charge is -2.14. The third-order valence-corrected chi connectivity index (χ3v) is 2.41. The Morgan fingerprint density at radius 2 is 1.86 bits per heavy atom. The van der Waals surface area contributed by atoms with E-state index >= 15 is 0 Å². The number of ether oxygens (including phenoxy) is 2. The molecule has 0 fully saturated rings. The van der Waals surface area contributed by atoms with E-state index in [0.717, 1.165) is 11.1 Å². The van der Waals surface area contributed by atoms with E-state index in [4.69, 9.17) is 26.8 Å². The summed E-state index contributed by atoms with van der Waals surface area (Å²) in [5.41, 5.74) is 7.42. The second-order valence-corrected chi connectivity index (χ2v) is 3.32. The van der Waals surface area contributed by atoms with Crippen molar-refractivity contribution in [3.8, 4) is 11.5 Å². The maximum Gasteiger partial charge on any atom is 0.145 e. The minimum absolute atomic E-state index is 0.397.